The average molecular weight is 442 g/mol. The zero-order valence-corrected chi connectivity index (χ0v) is 17.4. The van der Waals surface area contributed by atoms with Gasteiger partial charge in [0.1, 0.15) is 5.82 Å². The van der Waals surface area contributed by atoms with Gasteiger partial charge in [-0.2, -0.15) is 0 Å². The Labute approximate surface area is 176 Å². The molecule has 0 saturated heterocycles. The minimum absolute atomic E-state index is 0.0801. The first kappa shape index (κ1) is 20.0. The van der Waals surface area contributed by atoms with E-state index in [0.29, 0.717) is 5.13 Å². The Morgan fingerprint density at radius 2 is 1.80 bits per heavy atom. The fourth-order valence-corrected chi connectivity index (χ4v) is 4.81. The third kappa shape index (κ3) is 4.32. The Kier molecular flexibility index (Phi) is 5.23. The van der Waals surface area contributed by atoms with Crippen molar-refractivity contribution in [1.82, 2.24) is 4.98 Å². The fourth-order valence-electron chi connectivity index (χ4n) is 2.81. The second-order valence-electron chi connectivity index (χ2n) is 6.58. The number of carbonyl (C=O) groups is 1. The molecule has 152 valence electrons. The molecule has 1 heterocycles. The SMILES string of the molecule is Cc1ccc2nc(NC(=O)c3cccc(NS(=O)(=O)c4ccc(F)cc4)c3)sc2c1. The van der Waals surface area contributed by atoms with Crippen LogP contribution in [0.4, 0.5) is 15.2 Å². The summed E-state index contributed by atoms with van der Waals surface area (Å²) in [5.41, 5.74) is 2.38. The van der Waals surface area contributed by atoms with Crippen molar-refractivity contribution in [3.8, 4) is 0 Å². The van der Waals surface area contributed by atoms with Crippen LogP contribution in [0.1, 0.15) is 15.9 Å². The molecule has 4 aromatic rings. The number of anilines is 2. The van der Waals surface area contributed by atoms with Crippen molar-refractivity contribution in [1.29, 1.82) is 0 Å². The summed E-state index contributed by atoms with van der Waals surface area (Å²) in [5, 5.41) is 3.20. The number of aromatic nitrogens is 1. The molecule has 0 unspecified atom stereocenters. The minimum atomic E-state index is -3.91. The summed E-state index contributed by atoms with van der Waals surface area (Å²) in [7, 11) is -3.91. The summed E-state index contributed by atoms with van der Waals surface area (Å²) in [4.78, 5) is 16.9. The lowest BCUT2D eigenvalue weighted by Crippen LogP contribution is -2.15. The molecule has 0 spiro atoms. The van der Waals surface area contributed by atoms with E-state index in [4.69, 9.17) is 0 Å². The molecule has 0 bridgehead atoms. The highest BCUT2D eigenvalue weighted by atomic mass is 32.2. The van der Waals surface area contributed by atoms with E-state index in [2.05, 4.69) is 15.0 Å². The number of halogens is 1. The Morgan fingerprint density at radius 1 is 1.03 bits per heavy atom. The maximum absolute atomic E-state index is 13.0. The fraction of sp³-hybridized carbons (Fsp3) is 0.0476. The second kappa shape index (κ2) is 7.85. The van der Waals surface area contributed by atoms with Crippen molar-refractivity contribution >= 4 is 48.3 Å². The number of hydrogen-bond acceptors (Lipinski definition) is 5. The molecule has 3 aromatic carbocycles. The van der Waals surface area contributed by atoms with Crippen molar-refractivity contribution in [3.05, 3.63) is 83.7 Å². The lowest BCUT2D eigenvalue weighted by Gasteiger charge is -2.09. The summed E-state index contributed by atoms with van der Waals surface area (Å²) in [6.07, 6.45) is 0. The van der Waals surface area contributed by atoms with Gasteiger partial charge in [-0.05, 0) is 67.1 Å². The predicted octanol–water partition coefficient (Wildman–Crippen LogP) is 4.80. The molecule has 0 atom stereocenters. The van der Waals surface area contributed by atoms with Crippen molar-refractivity contribution in [2.24, 2.45) is 0 Å². The van der Waals surface area contributed by atoms with Crippen molar-refractivity contribution in [3.63, 3.8) is 0 Å². The normalized spacial score (nSPS) is 11.4. The first-order chi connectivity index (χ1) is 14.3. The van der Waals surface area contributed by atoms with Crippen LogP contribution in [0.2, 0.25) is 0 Å². The van der Waals surface area contributed by atoms with E-state index < -0.39 is 21.7 Å². The summed E-state index contributed by atoms with van der Waals surface area (Å²) in [6, 6.07) is 16.4. The van der Waals surface area contributed by atoms with Gasteiger partial charge in [0.2, 0.25) is 0 Å². The lowest BCUT2D eigenvalue weighted by atomic mass is 10.2. The van der Waals surface area contributed by atoms with Crippen LogP contribution in [0.15, 0.2) is 71.6 Å². The summed E-state index contributed by atoms with van der Waals surface area (Å²) >= 11 is 1.36. The minimum Gasteiger partial charge on any atom is -0.298 e. The van der Waals surface area contributed by atoms with Gasteiger partial charge in [0.15, 0.2) is 5.13 Å². The van der Waals surface area contributed by atoms with Crippen molar-refractivity contribution in [2.75, 3.05) is 10.0 Å². The van der Waals surface area contributed by atoms with E-state index in [1.165, 1.54) is 35.6 Å². The lowest BCUT2D eigenvalue weighted by molar-refractivity contribution is 0.102. The van der Waals surface area contributed by atoms with Gasteiger partial charge in [-0.3, -0.25) is 14.8 Å². The van der Waals surface area contributed by atoms with Crippen LogP contribution < -0.4 is 10.0 Å². The van der Waals surface area contributed by atoms with E-state index in [9.17, 15) is 17.6 Å². The molecule has 0 fully saturated rings. The first-order valence-electron chi connectivity index (χ1n) is 8.87. The van der Waals surface area contributed by atoms with Gasteiger partial charge in [-0.1, -0.05) is 23.5 Å². The largest absolute Gasteiger partial charge is 0.298 e. The molecular formula is C21H16FN3O3S2. The Morgan fingerprint density at radius 3 is 2.57 bits per heavy atom. The molecule has 4 rings (SSSR count). The maximum Gasteiger partial charge on any atom is 0.261 e. The first-order valence-corrected chi connectivity index (χ1v) is 11.2. The number of benzene rings is 3. The number of nitrogens with one attached hydrogen (secondary N) is 2. The van der Waals surface area contributed by atoms with E-state index >= 15 is 0 Å². The van der Waals surface area contributed by atoms with Crippen LogP contribution in [0, 0.1) is 12.7 Å². The standard InChI is InChI=1S/C21H16FN3O3S2/c1-13-5-10-18-19(11-13)29-21(23-18)24-20(26)14-3-2-4-16(12-14)25-30(27,28)17-8-6-15(22)7-9-17/h2-12,25H,1H3,(H,23,24,26). The third-order valence-electron chi connectivity index (χ3n) is 4.27. The van der Waals surface area contributed by atoms with Crippen LogP contribution in [0.3, 0.4) is 0 Å². The second-order valence-corrected chi connectivity index (χ2v) is 9.30. The number of sulfonamides is 1. The highest BCUT2D eigenvalue weighted by Gasteiger charge is 2.16. The van der Waals surface area contributed by atoms with Crippen LogP contribution in [0.5, 0.6) is 0 Å². The number of amides is 1. The van der Waals surface area contributed by atoms with E-state index in [-0.39, 0.29) is 16.1 Å². The van der Waals surface area contributed by atoms with Crippen LogP contribution >= 0.6 is 11.3 Å². The molecule has 1 aromatic heterocycles. The molecule has 2 N–H and O–H groups in total. The quantitative estimate of drug-likeness (QED) is 0.466. The number of nitrogens with zero attached hydrogens (tertiary/aromatic N) is 1. The molecular weight excluding hydrogens is 425 g/mol. The smallest absolute Gasteiger partial charge is 0.261 e. The Bertz CT molecular complexity index is 1350. The summed E-state index contributed by atoms with van der Waals surface area (Å²) < 4.78 is 41.3. The van der Waals surface area contributed by atoms with Gasteiger partial charge in [0.25, 0.3) is 15.9 Å². The highest BCUT2D eigenvalue weighted by Crippen LogP contribution is 2.27. The van der Waals surface area contributed by atoms with Gasteiger partial charge in [-0.25, -0.2) is 17.8 Å². The number of hydrogen-bond donors (Lipinski definition) is 2. The summed E-state index contributed by atoms with van der Waals surface area (Å²) in [5.74, 6) is -0.939. The molecule has 0 aliphatic rings. The topological polar surface area (TPSA) is 88.2 Å². The zero-order chi connectivity index (χ0) is 21.3. The van der Waals surface area contributed by atoms with Crippen LogP contribution in [0.25, 0.3) is 10.2 Å². The maximum atomic E-state index is 13.0. The monoisotopic (exact) mass is 441 g/mol. The van der Waals surface area contributed by atoms with E-state index in [0.717, 1.165) is 27.9 Å². The third-order valence-corrected chi connectivity index (χ3v) is 6.60. The summed E-state index contributed by atoms with van der Waals surface area (Å²) in [6.45, 7) is 1.98. The average Bonchev–Trinajstić information content (AvgIpc) is 3.09. The molecule has 0 radical (unpaired) electrons. The Balaban J connectivity index is 1.53. The van der Waals surface area contributed by atoms with Crippen LogP contribution in [-0.4, -0.2) is 19.3 Å². The highest BCUT2D eigenvalue weighted by molar-refractivity contribution is 7.92. The number of fused-ring (bicyclic) bond motifs is 1. The number of rotatable bonds is 5. The molecule has 6 nitrogen and oxygen atoms in total. The van der Waals surface area contributed by atoms with Gasteiger partial charge < -0.3 is 0 Å². The molecule has 1 amide bonds. The van der Waals surface area contributed by atoms with Gasteiger partial charge in [0, 0.05) is 11.3 Å². The number of thiazole rings is 1. The molecule has 0 aliphatic heterocycles. The van der Waals surface area contributed by atoms with Crippen LogP contribution in [-0.2, 0) is 10.0 Å². The van der Waals surface area contributed by atoms with E-state index in [1.807, 2.05) is 25.1 Å². The number of aryl methyl sites for hydroxylation is 1. The number of carbonyl (C=O) groups excluding carboxylic acids is 1. The van der Waals surface area contributed by atoms with Gasteiger partial charge >= 0.3 is 0 Å². The molecule has 0 saturated carbocycles. The zero-order valence-electron chi connectivity index (χ0n) is 15.7. The van der Waals surface area contributed by atoms with Gasteiger partial charge in [-0.15, -0.1) is 0 Å². The predicted molar refractivity (Wildman–Crippen MR) is 116 cm³/mol. The van der Waals surface area contributed by atoms with E-state index in [1.54, 1.807) is 12.1 Å². The molecule has 9 heteroatoms. The Hall–Kier alpha value is -3.30. The van der Waals surface area contributed by atoms with Gasteiger partial charge in [0.05, 0.1) is 15.1 Å². The molecule has 0 aliphatic carbocycles. The molecule has 30 heavy (non-hydrogen) atoms. The van der Waals surface area contributed by atoms with Crippen molar-refractivity contribution < 1.29 is 17.6 Å². The van der Waals surface area contributed by atoms with Crippen molar-refractivity contribution in [2.45, 2.75) is 11.8 Å².